The number of halogens is 4. The maximum atomic E-state index is 13.2. The van der Waals surface area contributed by atoms with Gasteiger partial charge in [-0.25, -0.2) is 5.43 Å². The van der Waals surface area contributed by atoms with Gasteiger partial charge in [-0.1, -0.05) is 35.9 Å². The van der Waals surface area contributed by atoms with Gasteiger partial charge >= 0.3 is 6.18 Å². The van der Waals surface area contributed by atoms with Crippen molar-refractivity contribution in [1.82, 2.24) is 5.43 Å². The number of ketones is 1. The number of hydrazone groups is 1. The van der Waals surface area contributed by atoms with E-state index in [2.05, 4.69) is 5.10 Å². The number of amides is 1. The molecule has 140 valence electrons. The summed E-state index contributed by atoms with van der Waals surface area (Å²) in [5.41, 5.74) is 0.481. The molecule has 0 saturated carbocycles. The molecule has 2 heterocycles. The molecule has 0 saturated heterocycles. The van der Waals surface area contributed by atoms with Crippen molar-refractivity contribution in [3.63, 3.8) is 0 Å². The molecule has 0 aliphatic rings. The lowest BCUT2D eigenvalue weighted by Crippen LogP contribution is -2.30. The zero-order valence-corrected chi connectivity index (χ0v) is 15.7. The van der Waals surface area contributed by atoms with E-state index in [0.29, 0.717) is 5.39 Å². The summed E-state index contributed by atoms with van der Waals surface area (Å²) >= 11 is 8.21. The first-order chi connectivity index (χ1) is 12.8. The summed E-state index contributed by atoms with van der Waals surface area (Å²) in [6.45, 7) is 0. The van der Waals surface area contributed by atoms with Crippen LogP contribution in [-0.2, 0) is 0 Å². The van der Waals surface area contributed by atoms with Crippen molar-refractivity contribution in [1.29, 1.82) is 0 Å². The van der Waals surface area contributed by atoms with Gasteiger partial charge in [0.25, 0.3) is 5.91 Å². The predicted octanol–water partition coefficient (Wildman–Crippen LogP) is 5.54. The van der Waals surface area contributed by atoms with E-state index in [-0.39, 0.29) is 14.8 Å². The number of hydrogen-bond acceptors (Lipinski definition) is 5. The van der Waals surface area contributed by atoms with Gasteiger partial charge in [-0.2, -0.15) is 18.3 Å². The summed E-state index contributed by atoms with van der Waals surface area (Å²) in [6, 6.07) is 9.93. The van der Waals surface area contributed by atoms with Crippen molar-refractivity contribution in [3.8, 4) is 0 Å². The normalized spacial score (nSPS) is 12.4. The quantitative estimate of drug-likeness (QED) is 0.328. The van der Waals surface area contributed by atoms with Crippen LogP contribution in [-0.4, -0.2) is 23.6 Å². The SMILES string of the molecule is O=C(C/C(=N/NC(=O)c1sc2ccccc2c1Cl)C(F)(F)F)c1cccs1. The number of carbonyl (C=O) groups is 2. The van der Waals surface area contributed by atoms with Crippen molar-refractivity contribution >= 4 is 61.8 Å². The summed E-state index contributed by atoms with van der Waals surface area (Å²) in [5, 5.41) is 5.51. The molecule has 0 unspecified atom stereocenters. The van der Waals surface area contributed by atoms with Gasteiger partial charge in [0.1, 0.15) is 10.6 Å². The van der Waals surface area contributed by atoms with Crippen molar-refractivity contribution in [2.75, 3.05) is 0 Å². The molecule has 10 heteroatoms. The summed E-state index contributed by atoms with van der Waals surface area (Å²) in [4.78, 5) is 24.4. The van der Waals surface area contributed by atoms with Gasteiger partial charge in [-0.05, 0) is 17.5 Å². The third-order valence-electron chi connectivity index (χ3n) is 3.48. The first-order valence-corrected chi connectivity index (χ1v) is 9.52. The Balaban J connectivity index is 1.82. The second-order valence-electron chi connectivity index (χ2n) is 5.32. The van der Waals surface area contributed by atoms with E-state index in [1.54, 1.807) is 35.7 Å². The lowest BCUT2D eigenvalue weighted by molar-refractivity contribution is -0.0605. The second-order valence-corrected chi connectivity index (χ2v) is 7.69. The molecule has 3 aromatic rings. The molecule has 1 N–H and O–H groups in total. The second kappa shape index (κ2) is 7.79. The molecule has 0 aliphatic carbocycles. The minimum absolute atomic E-state index is 0.0488. The van der Waals surface area contributed by atoms with E-state index in [4.69, 9.17) is 11.6 Å². The standard InChI is InChI=1S/C17H10ClF3N2O2S2/c18-14-9-4-1-2-5-11(9)27-15(14)16(25)23-22-13(17(19,20)21)8-10(24)12-6-3-7-26-12/h1-7H,8H2,(H,23,25)/b22-13-. The minimum atomic E-state index is -4.86. The molecule has 1 aromatic carbocycles. The van der Waals surface area contributed by atoms with Crippen LogP contribution in [0, 0.1) is 0 Å². The van der Waals surface area contributed by atoms with Crippen LogP contribution in [0.2, 0.25) is 5.02 Å². The number of Topliss-reactive ketones (excluding diaryl/α,β-unsaturated/α-hetero) is 1. The molecule has 3 rings (SSSR count). The summed E-state index contributed by atoms with van der Waals surface area (Å²) in [6.07, 6.45) is -5.82. The van der Waals surface area contributed by atoms with E-state index in [1.807, 2.05) is 5.43 Å². The number of carbonyl (C=O) groups excluding carboxylic acids is 2. The summed E-state index contributed by atoms with van der Waals surface area (Å²) < 4.78 is 40.2. The van der Waals surface area contributed by atoms with Crippen LogP contribution < -0.4 is 5.43 Å². The van der Waals surface area contributed by atoms with E-state index >= 15 is 0 Å². The Morgan fingerprint density at radius 2 is 1.89 bits per heavy atom. The van der Waals surface area contributed by atoms with Crippen molar-refractivity contribution < 1.29 is 22.8 Å². The van der Waals surface area contributed by atoms with E-state index in [9.17, 15) is 22.8 Å². The highest BCUT2D eigenvalue weighted by molar-refractivity contribution is 7.21. The van der Waals surface area contributed by atoms with Crippen LogP contribution in [0.3, 0.4) is 0 Å². The number of alkyl halides is 3. The number of rotatable bonds is 5. The first kappa shape index (κ1) is 19.5. The average molecular weight is 431 g/mol. The minimum Gasteiger partial charge on any atom is -0.293 e. The fourth-order valence-corrected chi connectivity index (χ4v) is 4.28. The van der Waals surface area contributed by atoms with Gasteiger partial charge in [0.2, 0.25) is 0 Å². The smallest absolute Gasteiger partial charge is 0.293 e. The lowest BCUT2D eigenvalue weighted by atomic mass is 10.1. The highest BCUT2D eigenvalue weighted by Crippen LogP contribution is 2.35. The Kier molecular flexibility index (Phi) is 5.64. The van der Waals surface area contributed by atoms with Crippen LogP contribution in [0.25, 0.3) is 10.1 Å². The fraction of sp³-hybridized carbons (Fsp3) is 0.118. The van der Waals surface area contributed by atoms with E-state index < -0.39 is 30.0 Å². The van der Waals surface area contributed by atoms with Crippen LogP contribution in [0.15, 0.2) is 46.9 Å². The molecule has 0 spiro atoms. The Morgan fingerprint density at radius 3 is 2.52 bits per heavy atom. The highest BCUT2D eigenvalue weighted by Gasteiger charge is 2.37. The van der Waals surface area contributed by atoms with Gasteiger partial charge in [-0.15, -0.1) is 22.7 Å². The van der Waals surface area contributed by atoms with Crippen LogP contribution in [0.4, 0.5) is 13.2 Å². The molecule has 1 amide bonds. The molecule has 0 aliphatic heterocycles. The maximum Gasteiger partial charge on any atom is 0.431 e. The predicted molar refractivity (Wildman–Crippen MR) is 101 cm³/mol. The van der Waals surface area contributed by atoms with Gasteiger partial charge < -0.3 is 0 Å². The van der Waals surface area contributed by atoms with Crippen molar-refractivity contribution in [2.24, 2.45) is 5.10 Å². The van der Waals surface area contributed by atoms with Crippen LogP contribution in [0.5, 0.6) is 0 Å². The average Bonchev–Trinajstić information content (AvgIpc) is 3.26. The number of hydrogen-bond donors (Lipinski definition) is 1. The largest absolute Gasteiger partial charge is 0.431 e. The Hall–Kier alpha value is -2.23. The molecule has 0 fully saturated rings. The number of nitrogens with one attached hydrogen (secondary N) is 1. The van der Waals surface area contributed by atoms with Crippen molar-refractivity contribution in [3.05, 3.63) is 56.6 Å². The monoisotopic (exact) mass is 430 g/mol. The number of benzene rings is 1. The number of thiophene rings is 2. The molecule has 0 radical (unpaired) electrons. The molecule has 27 heavy (non-hydrogen) atoms. The Bertz CT molecular complexity index is 1030. The molecule has 0 atom stereocenters. The van der Waals surface area contributed by atoms with E-state index in [1.165, 1.54) is 6.07 Å². The van der Waals surface area contributed by atoms with Crippen molar-refractivity contribution in [2.45, 2.75) is 12.6 Å². The maximum absolute atomic E-state index is 13.2. The molecule has 4 nitrogen and oxygen atoms in total. The fourth-order valence-electron chi connectivity index (χ4n) is 2.21. The zero-order chi connectivity index (χ0) is 19.6. The van der Waals surface area contributed by atoms with Gasteiger partial charge in [0.05, 0.1) is 16.3 Å². The lowest BCUT2D eigenvalue weighted by Gasteiger charge is -2.09. The molecular formula is C17H10ClF3N2O2S2. The molecular weight excluding hydrogens is 421 g/mol. The van der Waals surface area contributed by atoms with Gasteiger partial charge in [0, 0.05) is 10.1 Å². The third kappa shape index (κ3) is 4.37. The Morgan fingerprint density at radius 1 is 1.15 bits per heavy atom. The van der Waals surface area contributed by atoms with Gasteiger partial charge in [0.15, 0.2) is 5.78 Å². The van der Waals surface area contributed by atoms with E-state index in [0.717, 1.165) is 27.4 Å². The third-order valence-corrected chi connectivity index (χ3v) is 6.07. The van der Waals surface area contributed by atoms with Crippen LogP contribution >= 0.6 is 34.3 Å². The van der Waals surface area contributed by atoms with Crippen LogP contribution in [0.1, 0.15) is 25.8 Å². The highest BCUT2D eigenvalue weighted by atomic mass is 35.5. The molecule has 2 aromatic heterocycles. The summed E-state index contributed by atoms with van der Waals surface area (Å²) in [7, 11) is 0. The topological polar surface area (TPSA) is 58.5 Å². The first-order valence-electron chi connectivity index (χ1n) is 7.45. The number of nitrogens with zero attached hydrogens (tertiary/aromatic N) is 1. The Labute approximate surface area is 164 Å². The zero-order valence-electron chi connectivity index (χ0n) is 13.3. The van der Waals surface area contributed by atoms with Gasteiger partial charge in [-0.3, -0.25) is 9.59 Å². The summed E-state index contributed by atoms with van der Waals surface area (Å²) in [5.74, 6) is -1.60. The number of fused-ring (bicyclic) bond motifs is 1. The molecule has 0 bridgehead atoms.